The molecule has 0 N–H and O–H groups in total. The van der Waals surface area contributed by atoms with E-state index in [4.69, 9.17) is 0 Å². The van der Waals surface area contributed by atoms with Gasteiger partial charge in [-0.15, -0.1) is 0 Å². The predicted molar refractivity (Wildman–Crippen MR) is 67.3 cm³/mol. The Hall–Kier alpha value is -0.180. The minimum atomic E-state index is -0.152. The smallest absolute Gasteiger partial charge is 0.235 e. The van der Waals surface area contributed by atoms with Crippen molar-refractivity contribution in [1.29, 1.82) is 0 Å². The fourth-order valence-electron chi connectivity index (χ4n) is 2.42. The highest BCUT2D eigenvalue weighted by molar-refractivity contribution is 7.81. The van der Waals surface area contributed by atoms with E-state index in [-0.39, 0.29) is 11.2 Å². The van der Waals surface area contributed by atoms with Crippen LogP contribution in [0.5, 0.6) is 0 Å². The molecule has 0 saturated carbocycles. The van der Waals surface area contributed by atoms with Gasteiger partial charge in [-0.25, -0.2) is 0 Å². The number of likely N-dealkylation sites (tertiary alicyclic amines) is 1. The lowest BCUT2D eigenvalue weighted by molar-refractivity contribution is -0.132. The zero-order valence-electron chi connectivity index (χ0n) is 10.1. The van der Waals surface area contributed by atoms with E-state index in [0.717, 1.165) is 25.9 Å². The number of hydrogen-bond acceptors (Lipinski definition) is 2. The molecule has 2 nitrogen and oxygen atoms in total. The van der Waals surface area contributed by atoms with Gasteiger partial charge in [0.05, 0.1) is 5.25 Å². The van der Waals surface area contributed by atoms with Gasteiger partial charge in [-0.3, -0.25) is 4.79 Å². The van der Waals surface area contributed by atoms with Gasteiger partial charge in [-0.1, -0.05) is 26.7 Å². The van der Waals surface area contributed by atoms with E-state index in [9.17, 15) is 4.79 Å². The SMILES string of the molecule is CCC1(CC)CCN(C(=O)C(C)S)CC1. The van der Waals surface area contributed by atoms with Crippen molar-refractivity contribution in [2.75, 3.05) is 13.1 Å². The lowest BCUT2D eigenvalue weighted by Crippen LogP contribution is -2.45. The summed E-state index contributed by atoms with van der Waals surface area (Å²) in [6.45, 7) is 8.23. The van der Waals surface area contributed by atoms with Crippen molar-refractivity contribution in [1.82, 2.24) is 4.90 Å². The summed E-state index contributed by atoms with van der Waals surface area (Å²) >= 11 is 4.20. The van der Waals surface area contributed by atoms with Crippen LogP contribution in [0.2, 0.25) is 0 Å². The molecular weight excluding hydrogens is 206 g/mol. The zero-order valence-corrected chi connectivity index (χ0v) is 11.0. The summed E-state index contributed by atoms with van der Waals surface area (Å²) in [5.74, 6) is 0.194. The molecule has 1 amide bonds. The maximum absolute atomic E-state index is 11.7. The van der Waals surface area contributed by atoms with E-state index in [0.29, 0.717) is 5.41 Å². The molecular formula is C12H23NOS. The summed E-state index contributed by atoms with van der Waals surface area (Å²) in [6.07, 6.45) is 4.79. The third-order valence-electron chi connectivity index (χ3n) is 3.99. The Bertz CT molecular complexity index is 214. The van der Waals surface area contributed by atoms with E-state index < -0.39 is 0 Å². The summed E-state index contributed by atoms with van der Waals surface area (Å²) in [5.41, 5.74) is 0.497. The first kappa shape index (κ1) is 12.9. The summed E-state index contributed by atoms with van der Waals surface area (Å²) in [6, 6.07) is 0. The van der Waals surface area contributed by atoms with Crippen LogP contribution in [0, 0.1) is 5.41 Å². The molecule has 0 aromatic rings. The molecule has 0 aromatic carbocycles. The first-order valence-corrected chi connectivity index (χ1v) is 6.53. The van der Waals surface area contributed by atoms with Gasteiger partial charge in [0.1, 0.15) is 0 Å². The van der Waals surface area contributed by atoms with Crippen molar-refractivity contribution in [3.8, 4) is 0 Å². The van der Waals surface area contributed by atoms with E-state index in [1.54, 1.807) is 0 Å². The average molecular weight is 229 g/mol. The number of thiol groups is 1. The van der Waals surface area contributed by atoms with E-state index >= 15 is 0 Å². The summed E-state index contributed by atoms with van der Waals surface area (Å²) in [7, 11) is 0. The molecule has 0 bridgehead atoms. The molecule has 1 aliphatic heterocycles. The molecule has 3 heteroatoms. The first-order chi connectivity index (χ1) is 7.04. The van der Waals surface area contributed by atoms with Crippen molar-refractivity contribution < 1.29 is 4.79 Å². The Kier molecular flexibility index (Phi) is 4.50. The summed E-state index contributed by atoms with van der Waals surface area (Å²) < 4.78 is 0. The zero-order chi connectivity index (χ0) is 11.5. The Morgan fingerprint density at radius 3 is 2.13 bits per heavy atom. The van der Waals surface area contributed by atoms with Crippen LogP contribution < -0.4 is 0 Å². The summed E-state index contributed by atoms with van der Waals surface area (Å²) in [5, 5.41) is -0.152. The third kappa shape index (κ3) is 2.90. The number of carbonyl (C=O) groups excluding carboxylic acids is 1. The maximum Gasteiger partial charge on any atom is 0.235 e. The van der Waals surface area contributed by atoms with Crippen LogP contribution >= 0.6 is 12.6 Å². The highest BCUT2D eigenvalue weighted by Gasteiger charge is 2.33. The van der Waals surface area contributed by atoms with Crippen LogP contribution in [-0.4, -0.2) is 29.1 Å². The van der Waals surface area contributed by atoms with Crippen molar-refractivity contribution in [2.24, 2.45) is 5.41 Å². The molecule has 88 valence electrons. The molecule has 15 heavy (non-hydrogen) atoms. The van der Waals surface area contributed by atoms with Crippen LogP contribution in [0.1, 0.15) is 46.5 Å². The van der Waals surface area contributed by atoms with Crippen molar-refractivity contribution in [2.45, 2.75) is 51.7 Å². The number of hydrogen-bond donors (Lipinski definition) is 1. The van der Waals surface area contributed by atoms with Crippen molar-refractivity contribution in [3.05, 3.63) is 0 Å². The fraction of sp³-hybridized carbons (Fsp3) is 0.917. The molecule has 0 spiro atoms. The lowest BCUT2D eigenvalue weighted by atomic mass is 9.74. The van der Waals surface area contributed by atoms with Gasteiger partial charge in [0, 0.05) is 13.1 Å². The highest BCUT2D eigenvalue weighted by atomic mass is 32.1. The molecule has 1 fully saturated rings. The second-order valence-corrected chi connectivity index (χ2v) is 5.48. The molecule has 0 aromatic heterocycles. The fourth-order valence-corrected chi connectivity index (χ4v) is 2.59. The van der Waals surface area contributed by atoms with Crippen LogP contribution in [-0.2, 0) is 4.79 Å². The Morgan fingerprint density at radius 2 is 1.80 bits per heavy atom. The van der Waals surface area contributed by atoms with Crippen LogP contribution in [0.15, 0.2) is 0 Å². The van der Waals surface area contributed by atoms with E-state index in [2.05, 4.69) is 26.5 Å². The molecule has 1 unspecified atom stereocenters. The number of piperidine rings is 1. The van der Waals surface area contributed by atoms with Crippen LogP contribution in [0.4, 0.5) is 0 Å². The Morgan fingerprint density at radius 1 is 1.33 bits per heavy atom. The summed E-state index contributed by atoms with van der Waals surface area (Å²) in [4.78, 5) is 13.7. The van der Waals surface area contributed by atoms with Gasteiger partial charge in [-0.2, -0.15) is 12.6 Å². The Labute approximate surface area is 98.8 Å². The van der Waals surface area contributed by atoms with Gasteiger partial charge in [0.25, 0.3) is 0 Å². The lowest BCUT2D eigenvalue weighted by Gasteiger charge is -2.41. The van der Waals surface area contributed by atoms with Gasteiger partial charge in [0.2, 0.25) is 5.91 Å². The number of rotatable bonds is 3. The quantitative estimate of drug-likeness (QED) is 0.738. The van der Waals surface area contributed by atoms with Gasteiger partial charge in [0.15, 0.2) is 0 Å². The third-order valence-corrected chi connectivity index (χ3v) is 4.21. The second-order valence-electron chi connectivity index (χ2n) is 4.71. The minimum Gasteiger partial charge on any atom is -0.342 e. The molecule has 0 radical (unpaired) electrons. The number of carbonyl (C=O) groups is 1. The monoisotopic (exact) mass is 229 g/mol. The van der Waals surface area contributed by atoms with E-state index in [1.165, 1.54) is 12.8 Å². The predicted octanol–water partition coefficient (Wildman–Crippen LogP) is 2.73. The van der Waals surface area contributed by atoms with E-state index in [1.807, 2.05) is 11.8 Å². The molecule has 1 atom stereocenters. The molecule has 1 heterocycles. The molecule has 1 aliphatic rings. The van der Waals surface area contributed by atoms with Gasteiger partial charge < -0.3 is 4.90 Å². The van der Waals surface area contributed by atoms with Crippen molar-refractivity contribution >= 4 is 18.5 Å². The average Bonchev–Trinajstić information content (AvgIpc) is 2.28. The van der Waals surface area contributed by atoms with Crippen LogP contribution in [0.3, 0.4) is 0 Å². The standard InChI is InChI=1S/C12H23NOS/c1-4-12(5-2)6-8-13(9-7-12)11(14)10(3)15/h10,15H,4-9H2,1-3H3. The minimum absolute atomic E-state index is 0.152. The number of nitrogens with zero attached hydrogens (tertiary/aromatic N) is 1. The van der Waals surface area contributed by atoms with Crippen molar-refractivity contribution in [3.63, 3.8) is 0 Å². The Balaban J connectivity index is 2.52. The first-order valence-electron chi connectivity index (χ1n) is 6.01. The van der Waals surface area contributed by atoms with Gasteiger partial charge >= 0.3 is 0 Å². The van der Waals surface area contributed by atoms with Gasteiger partial charge in [-0.05, 0) is 25.2 Å². The molecule has 1 rings (SSSR count). The topological polar surface area (TPSA) is 20.3 Å². The normalized spacial score (nSPS) is 22.5. The highest BCUT2D eigenvalue weighted by Crippen LogP contribution is 2.37. The maximum atomic E-state index is 11.7. The number of amides is 1. The second kappa shape index (κ2) is 5.24. The molecule has 1 saturated heterocycles. The molecule has 0 aliphatic carbocycles. The largest absolute Gasteiger partial charge is 0.342 e. The van der Waals surface area contributed by atoms with Crippen LogP contribution in [0.25, 0.3) is 0 Å².